The van der Waals surface area contributed by atoms with Crippen molar-refractivity contribution in [2.75, 3.05) is 0 Å². The van der Waals surface area contributed by atoms with Crippen LogP contribution >= 0.6 is 0 Å². The van der Waals surface area contributed by atoms with Gasteiger partial charge in [0.1, 0.15) is 5.65 Å². The normalized spacial score (nSPS) is 11.2. The van der Waals surface area contributed by atoms with Crippen LogP contribution in [0.2, 0.25) is 0 Å². The molecule has 2 rings (SSSR count). The molecule has 62 valence electrons. The SMILES string of the molecule is OC(O)c1cnc2ccccn12. The molecule has 0 unspecified atom stereocenters. The van der Waals surface area contributed by atoms with Crippen molar-refractivity contribution in [2.45, 2.75) is 6.29 Å². The van der Waals surface area contributed by atoms with Gasteiger partial charge in [0.15, 0.2) is 6.29 Å². The van der Waals surface area contributed by atoms with Gasteiger partial charge >= 0.3 is 0 Å². The smallest absolute Gasteiger partial charge is 0.196 e. The number of imidazole rings is 1. The first-order chi connectivity index (χ1) is 5.79. The fraction of sp³-hybridized carbons (Fsp3) is 0.125. The summed E-state index contributed by atoms with van der Waals surface area (Å²) < 4.78 is 1.63. The lowest BCUT2D eigenvalue weighted by atomic mass is 10.4. The van der Waals surface area contributed by atoms with Gasteiger partial charge in [-0.2, -0.15) is 0 Å². The summed E-state index contributed by atoms with van der Waals surface area (Å²) in [6.07, 6.45) is 1.71. The Morgan fingerprint density at radius 3 is 2.92 bits per heavy atom. The summed E-state index contributed by atoms with van der Waals surface area (Å²) in [5.74, 6) is 0. The summed E-state index contributed by atoms with van der Waals surface area (Å²) in [6.45, 7) is 0. The molecule has 0 aliphatic carbocycles. The molecule has 0 aliphatic rings. The van der Waals surface area contributed by atoms with Crippen LogP contribution in [0.15, 0.2) is 30.6 Å². The highest BCUT2D eigenvalue weighted by atomic mass is 16.5. The Kier molecular flexibility index (Phi) is 1.56. The van der Waals surface area contributed by atoms with Crippen LogP contribution in [0.4, 0.5) is 0 Å². The fourth-order valence-corrected chi connectivity index (χ4v) is 1.14. The second-order valence-electron chi connectivity index (χ2n) is 2.49. The van der Waals surface area contributed by atoms with E-state index < -0.39 is 6.29 Å². The van der Waals surface area contributed by atoms with E-state index in [2.05, 4.69) is 4.98 Å². The first kappa shape index (κ1) is 7.27. The number of hydrogen-bond acceptors (Lipinski definition) is 3. The lowest BCUT2D eigenvalue weighted by Crippen LogP contribution is -1.99. The van der Waals surface area contributed by atoms with Crippen LogP contribution in [0.25, 0.3) is 5.65 Å². The lowest BCUT2D eigenvalue weighted by Gasteiger charge is -2.01. The molecule has 0 saturated heterocycles. The van der Waals surface area contributed by atoms with Crippen LogP contribution in [-0.2, 0) is 0 Å². The Morgan fingerprint density at radius 1 is 1.33 bits per heavy atom. The number of nitrogens with zero attached hydrogens (tertiary/aromatic N) is 2. The van der Waals surface area contributed by atoms with E-state index in [-0.39, 0.29) is 0 Å². The molecule has 0 spiro atoms. The van der Waals surface area contributed by atoms with Gasteiger partial charge in [0.25, 0.3) is 0 Å². The summed E-state index contributed by atoms with van der Waals surface area (Å²) in [7, 11) is 0. The van der Waals surface area contributed by atoms with Gasteiger partial charge in [-0.15, -0.1) is 0 Å². The van der Waals surface area contributed by atoms with Gasteiger partial charge in [0, 0.05) is 6.20 Å². The largest absolute Gasteiger partial charge is 0.363 e. The highest BCUT2D eigenvalue weighted by molar-refractivity contribution is 5.39. The standard InChI is InChI=1S/C8H8N2O2/c11-8(12)6-5-9-7-3-1-2-4-10(6)7/h1-5,8,11-12H. The highest BCUT2D eigenvalue weighted by Crippen LogP contribution is 2.11. The molecule has 2 N–H and O–H groups in total. The summed E-state index contributed by atoms with van der Waals surface area (Å²) in [6, 6.07) is 5.45. The van der Waals surface area contributed by atoms with E-state index in [9.17, 15) is 0 Å². The van der Waals surface area contributed by atoms with Crippen molar-refractivity contribution >= 4 is 5.65 Å². The summed E-state index contributed by atoms with van der Waals surface area (Å²) in [5, 5.41) is 17.8. The first-order valence-electron chi connectivity index (χ1n) is 3.57. The minimum Gasteiger partial charge on any atom is -0.363 e. The molecule has 0 aromatic carbocycles. The molecular weight excluding hydrogens is 156 g/mol. The van der Waals surface area contributed by atoms with Crippen molar-refractivity contribution < 1.29 is 10.2 Å². The van der Waals surface area contributed by atoms with Crippen molar-refractivity contribution in [2.24, 2.45) is 0 Å². The van der Waals surface area contributed by atoms with Crippen molar-refractivity contribution in [3.05, 3.63) is 36.3 Å². The molecule has 12 heavy (non-hydrogen) atoms. The molecule has 2 aromatic rings. The van der Waals surface area contributed by atoms with E-state index >= 15 is 0 Å². The third-order valence-corrected chi connectivity index (χ3v) is 1.71. The molecular formula is C8H8N2O2. The zero-order valence-corrected chi connectivity index (χ0v) is 6.25. The second kappa shape index (κ2) is 2.58. The number of aromatic nitrogens is 2. The molecule has 2 heterocycles. The Morgan fingerprint density at radius 2 is 2.17 bits per heavy atom. The Hall–Kier alpha value is -1.39. The number of rotatable bonds is 1. The quantitative estimate of drug-likeness (QED) is 0.596. The minimum absolute atomic E-state index is 0.380. The van der Waals surface area contributed by atoms with Crippen LogP contribution in [0.3, 0.4) is 0 Å². The van der Waals surface area contributed by atoms with Crippen molar-refractivity contribution in [3.8, 4) is 0 Å². The monoisotopic (exact) mass is 164 g/mol. The van der Waals surface area contributed by atoms with Crippen LogP contribution in [0.1, 0.15) is 12.0 Å². The maximum absolute atomic E-state index is 8.91. The number of hydrogen-bond donors (Lipinski definition) is 2. The van der Waals surface area contributed by atoms with Crippen molar-refractivity contribution in [3.63, 3.8) is 0 Å². The van der Waals surface area contributed by atoms with Crippen molar-refractivity contribution in [1.29, 1.82) is 0 Å². The number of pyridine rings is 1. The van der Waals surface area contributed by atoms with Gasteiger partial charge in [-0.25, -0.2) is 4.98 Å². The van der Waals surface area contributed by atoms with Crippen LogP contribution < -0.4 is 0 Å². The number of fused-ring (bicyclic) bond motifs is 1. The van der Waals surface area contributed by atoms with E-state index in [1.54, 1.807) is 22.7 Å². The van der Waals surface area contributed by atoms with Crippen LogP contribution in [0, 0.1) is 0 Å². The molecule has 0 saturated carbocycles. The van der Waals surface area contributed by atoms with Gasteiger partial charge in [-0.1, -0.05) is 6.07 Å². The average molecular weight is 164 g/mol. The lowest BCUT2D eigenvalue weighted by molar-refractivity contribution is -0.0464. The van der Waals surface area contributed by atoms with Gasteiger partial charge in [0.05, 0.1) is 11.9 Å². The molecule has 4 heteroatoms. The molecule has 0 bridgehead atoms. The third kappa shape index (κ3) is 0.975. The van der Waals surface area contributed by atoms with E-state index in [1.165, 1.54) is 6.20 Å². The average Bonchev–Trinajstić information content (AvgIpc) is 2.47. The Labute approximate surface area is 68.7 Å². The molecule has 0 aliphatic heterocycles. The Balaban J connectivity index is 2.70. The molecule has 0 atom stereocenters. The number of aliphatic hydroxyl groups excluding tert-OH is 1. The van der Waals surface area contributed by atoms with Gasteiger partial charge in [0.2, 0.25) is 0 Å². The van der Waals surface area contributed by atoms with Crippen LogP contribution in [-0.4, -0.2) is 19.6 Å². The number of aliphatic hydroxyl groups is 2. The molecule has 4 nitrogen and oxygen atoms in total. The molecule has 0 amide bonds. The summed E-state index contributed by atoms with van der Waals surface area (Å²) >= 11 is 0. The van der Waals surface area contributed by atoms with Gasteiger partial charge in [-0.3, -0.25) is 4.40 Å². The molecule has 2 aromatic heterocycles. The van der Waals surface area contributed by atoms with E-state index in [0.717, 1.165) is 0 Å². The summed E-state index contributed by atoms with van der Waals surface area (Å²) in [5.41, 5.74) is 1.09. The fourth-order valence-electron chi connectivity index (χ4n) is 1.14. The topological polar surface area (TPSA) is 57.8 Å². The minimum atomic E-state index is -1.47. The zero-order chi connectivity index (χ0) is 8.55. The van der Waals surface area contributed by atoms with Gasteiger partial charge in [-0.05, 0) is 12.1 Å². The highest BCUT2D eigenvalue weighted by Gasteiger charge is 2.07. The van der Waals surface area contributed by atoms with Gasteiger partial charge < -0.3 is 10.2 Å². The maximum Gasteiger partial charge on any atom is 0.196 e. The van der Waals surface area contributed by atoms with Crippen molar-refractivity contribution in [1.82, 2.24) is 9.38 Å². The zero-order valence-electron chi connectivity index (χ0n) is 6.25. The van der Waals surface area contributed by atoms with E-state index in [0.29, 0.717) is 11.3 Å². The van der Waals surface area contributed by atoms with E-state index in [4.69, 9.17) is 10.2 Å². The molecule has 0 radical (unpaired) electrons. The van der Waals surface area contributed by atoms with E-state index in [1.807, 2.05) is 6.07 Å². The first-order valence-corrected chi connectivity index (χ1v) is 3.57. The summed E-state index contributed by atoms with van der Waals surface area (Å²) in [4.78, 5) is 3.98. The predicted molar refractivity (Wildman–Crippen MR) is 42.4 cm³/mol. The molecule has 0 fully saturated rings. The second-order valence-corrected chi connectivity index (χ2v) is 2.49. The predicted octanol–water partition coefficient (Wildman–Crippen LogP) is 0.317. The third-order valence-electron chi connectivity index (χ3n) is 1.71. The van der Waals surface area contributed by atoms with Crippen LogP contribution in [0.5, 0.6) is 0 Å². The Bertz CT molecular complexity index is 395. The maximum atomic E-state index is 8.91.